The van der Waals surface area contributed by atoms with Crippen LogP contribution in [-0.4, -0.2) is 0 Å². The van der Waals surface area contributed by atoms with Crippen LogP contribution in [0.3, 0.4) is 0 Å². The van der Waals surface area contributed by atoms with E-state index in [1.165, 1.54) is 6.20 Å². The molecule has 0 atom stereocenters. The average molecular weight is 214 g/mol. The maximum atomic E-state index is 11.2. The first-order chi connectivity index (χ1) is 7.75. The predicted molar refractivity (Wildman–Crippen MR) is 60.4 cm³/mol. The van der Waals surface area contributed by atoms with E-state index in [9.17, 15) is 5.21 Å². The first kappa shape index (κ1) is 10.1. The summed E-state index contributed by atoms with van der Waals surface area (Å²) in [6.07, 6.45) is 1.37. The third kappa shape index (κ3) is 2.33. The quantitative estimate of drug-likeness (QED) is 0.360. The van der Waals surface area contributed by atoms with Crippen molar-refractivity contribution in [2.24, 2.45) is 10.2 Å². The second kappa shape index (κ2) is 4.39. The van der Waals surface area contributed by atoms with E-state index >= 15 is 0 Å². The Morgan fingerprint density at radius 1 is 1.00 bits per heavy atom. The largest absolute Gasteiger partial charge is 0.710 e. The SMILES string of the molecule is Nc1ccc(/N=N/c2cccc[n+]2[O-])cc1. The van der Waals surface area contributed by atoms with Crippen molar-refractivity contribution in [3.05, 3.63) is 53.9 Å². The molecule has 0 saturated carbocycles. The van der Waals surface area contributed by atoms with Crippen LogP contribution in [0.1, 0.15) is 0 Å². The summed E-state index contributed by atoms with van der Waals surface area (Å²) in [5.74, 6) is 0.249. The molecule has 0 radical (unpaired) electrons. The van der Waals surface area contributed by atoms with Crippen LogP contribution in [0, 0.1) is 5.21 Å². The summed E-state index contributed by atoms with van der Waals surface area (Å²) in [4.78, 5) is 0. The highest BCUT2D eigenvalue weighted by molar-refractivity contribution is 5.47. The molecule has 2 N–H and O–H groups in total. The number of nitrogens with zero attached hydrogens (tertiary/aromatic N) is 3. The minimum absolute atomic E-state index is 0.249. The molecule has 2 rings (SSSR count). The molecular formula is C11H10N4O. The summed E-state index contributed by atoms with van der Waals surface area (Å²) in [6, 6.07) is 11.9. The number of nitrogen functional groups attached to an aromatic ring is 1. The molecule has 80 valence electrons. The molecule has 1 aromatic heterocycles. The maximum absolute atomic E-state index is 11.2. The highest BCUT2D eigenvalue weighted by atomic mass is 16.5. The molecule has 1 aromatic carbocycles. The van der Waals surface area contributed by atoms with Crippen LogP contribution in [0.5, 0.6) is 0 Å². The number of aromatic nitrogens is 1. The number of pyridine rings is 1. The zero-order chi connectivity index (χ0) is 11.4. The molecule has 0 fully saturated rings. The number of anilines is 1. The Morgan fingerprint density at radius 3 is 2.44 bits per heavy atom. The van der Waals surface area contributed by atoms with Crippen LogP contribution < -0.4 is 10.5 Å². The smallest absolute Gasteiger partial charge is 0.353 e. The Hall–Kier alpha value is -2.43. The number of azo groups is 1. The number of rotatable bonds is 2. The van der Waals surface area contributed by atoms with Gasteiger partial charge in [0.2, 0.25) is 0 Å². The standard InChI is InChI=1S/C11H10N4O/c12-9-4-6-10(7-5-9)13-14-11-3-1-2-8-15(11)16/h1-8H,12H2/b14-13+. The molecular weight excluding hydrogens is 204 g/mol. The highest BCUT2D eigenvalue weighted by Gasteiger charge is 2.01. The van der Waals surface area contributed by atoms with Gasteiger partial charge >= 0.3 is 5.82 Å². The van der Waals surface area contributed by atoms with Gasteiger partial charge < -0.3 is 10.9 Å². The number of hydrogen-bond acceptors (Lipinski definition) is 4. The Kier molecular flexibility index (Phi) is 2.77. The zero-order valence-corrected chi connectivity index (χ0v) is 8.45. The fourth-order valence-corrected chi connectivity index (χ4v) is 1.15. The fraction of sp³-hybridized carbons (Fsp3) is 0. The number of nitrogens with two attached hydrogens (primary N) is 1. The van der Waals surface area contributed by atoms with Crippen molar-refractivity contribution in [3.63, 3.8) is 0 Å². The van der Waals surface area contributed by atoms with Crippen LogP contribution in [-0.2, 0) is 0 Å². The fourth-order valence-electron chi connectivity index (χ4n) is 1.15. The lowest BCUT2D eigenvalue weighted by Gasteiger charge is -1.99. The lowest BCUT2D eigenvalue weighted by Crippen LogP contribution is -2.24. The van der Waals surface area contributed by atoms with Crippen molar-refractivity contribution >= 4 is 17.2 Å². The molecule has 0 amide bonds. The zero-order valence-electron chi connectivity index (χ0n) is 8.45. The van der Waals surface area contributed by atoms with E-state index in [4.69, 9.17) is 5.73 Å². The van der Waals surface area contributed by atoms with Gasteiger partial charge in [-0.05, 0) is 35.4 Å². The first-order valence-corrected chi connectivity index (χ1v) is 4.71. The van der Waals surface area contributed by atoms with Gasteiger partial charge in [-0.2, -0.15) is 0 Å². The van der Waals surface area contributed by atoms with Gasteiger partial charge in [0, 0.05) is 11.8 Å². The van der Waals surface area contributed by atoms with E-state index in [-0.39, 0.29) is 5.82 Å². The third-order valence-corrected chi connectivity index (χ3v) is 1.96. The number of hydrogen-bond donors (Lipinski definition) is 1. The van der Waals surface area contributed by atoms with Gasteiger partial charge in [-0.3, -0.25) is 0 Å². The lowest BCUT2D eigenvalue weighted by atomic mass is 10.3. The average Bonchev–Trinajstić information content (AvgIpc) is 2.30. The van der Waals surface area contributed by atoms with Crippen LogP contribution in [0.25, 0.3) is 0 Å². The van der Waals surface area contributed by atoms with Crippen molar-refractivity contribution in [3.8, 4) is 0 Å². The van der Waals surface area contributed by atoms with Gasteiger partial charge in [-0.25, -0.2) is 4.73 Å². The highest BCUT2D eigenvalue weighted by Crippen LogP contribution is 2.16. The summed E-state index contributed by atoms with van der Waals surface area (Å²) in [6.45, 7) is 0. The molecule has 0 saturated heterocycles. The van der Waals surface area contributed by atoms with E-state index < -0.39 is 0 Å². The Morgan fingerprint density at radius 2 is 1.75 bits per heavy atom. The molecule has 5 heteroatoms. The minimum atomic E-state index is 0.249. The Balaban J connectivity index is 2.21. The molecule has 2 aromatic rings. The van der Waals surface area contributed by atoms with Gasteiger partial charge in [0.1, 0.15) is 5.69 Å². The molecule has 0 aliphatic carbocycles. The van der Waals surface area contributed by atoms with Crippen LogP contribution in [0.4, 0.5) is 17.2 Å². The lowest BCUT2D eigenvalue weighted by molar-refractivity contribution is -0.591. The second-order valence-corrected chi connectivity index (χ2v) is 3.18. The Bertz CT molecular complexity index is 508. The van der Waals surface area contributed by atoms with Crippen molar-refractivity contribution in [1.82, 2.24) is 0 Å². The van der Waals surface area contributed by atoms with Crippen LogP contribution >= 0.6 is 0 Å². The molecule has 0 unspecified atom stereocenters. The van der Waals surface area contributed by atoms with Gasteiger partial charge in [-0.1, -0.05) is 6.07 Å². The first-order valence-electron chi connectivity index (χ1n) is 4.71. The van der Waals surface area contributed by atoms with Gasteiger partial charge in [0.25, 0.3) is 0 Å². The van der Waals surface area contributed by atoms with E-state index in [0.717, 1.165) is 0 Å². The van der Waals surface area contributed by atoms with Gasteiger partial charge in [0.05, 0.1) is 11.3 Å². The maximum Gasteiger partial charge on any atom is 0.353 e. The van der Waals surface area contributed by atoms with Crippen molar-refractivity contribution in [2.45, 2.75) is 0 Å². The summed E-state index contributed by atoms with van der Waals surface area (Å²) >= 11 is 0. The topological polar surface area (TPSA) is 77.7 Å². The van der Waals surface area contributed by atoms with Crippen molar-refractivity contribution in [1.29, 1.82) is 0 Å². The van der Waals surface area contributed by atoms with Crippen LogP contribution in [0.2, 0.25) is 0 Å². The molecule has 5 nitrogen and oxygen atoms in total. The van der Waals surface area contributed by atoms with Crippen LogP contribution in [0.15, 0.2) is 58.9 Å². The normalized spacial score (nSPS) is 10.8. The molecule has 0 bridgehead atoms. The van der Waals surface area contributed by atoms with E-state index in [1.54, 1.807) is 42.5 Å². The number of benzene rings is 1. The second-order valence-electron chi connectivity index (χ2n) is 3.18. The third-order valence-electron chi connectivity index (χ3n) is 1.96. The monoisotopic (exact) mass is 214 g/mol. The Labute approximate surface area is 92.5 Å². The minimum Gasteiger partial charge on any atom is -0.710 e. The molecule has 1 heterocycles. The van der Waals surface area contributed by atoms with Crippen molar-refractivity contribution < 1.29 is 4.73 Å². The van der Waals surface area contributed by atoms with E-state index in [1.807, 2.05) is 0 Å². The van der Waals surface area contributed by atoms with Crippen molar-refractivity contribution in [2.75, 3.05) is 5.73 Å². The molecule has 0 aliphatic rings. The molecule has 16 heavy (non-hydrogen) atoms. The van der Waals surface area contributed by atoms with Gasteiger partial charge in [-0.15, -0.1) is 0 Å². The van der Waals surface area contributed by atoms with E-state index in [2.05, 4.69) is 10.2 Å². The molecule has 0 aliphatic heterocycles. The summed E-state index contributed by atoms with van der Waals surface area (Å²) in [7, 11) is 0. The summed E-state index contributed by atoms with van der Waals surface area (Å²) in [5.41, 5.74) is 6.85. The van der Waals surface area contributed by atoms with Gasteiger partial charge in [0.15, 0.2) is 0 Å². The molecule has 0 spiro atoms. The van der Waals surface area contributed by atoms with E-state index in [0.29, 0.717) is 16.1 Å². The summed E-state index contributed by atoms with van der Waals surface area (Å²) in [5, 5.41) is 19.0. The summed E-state index contributed by atoms with van der Waals surface area (Å²) < 4.78 is 0.654. The predicted octanol–water partition coefficient (Wildman–Crippen LogP) is 2.32.